The van der Waals surface area contributed by atoms with Crippen LogP contribution in [-0.2, 0) is 4.79 Å². The Balaban J connectivity index is 2.41. The molecule has 0 heterocycles. The van der Waals surface area contributed by atoms with Crippen LogP contribution in [0.2, 0.25) is 0 Å². The number of carboxylic acids is 1. The quantitative estimate of drug-likeness (QED) is 0.707. The van der Waals surface area contributed by atoms with Crippen molar-refractivity contribution in [3.63, 3.8) is 0 Å². The normalized spacial score (nSPS) is 18.9. The second-order valence-electron chi connectivity index (χ2n) is 4.36. The van der Waals surface area contributed by atoms with Crippen LogP contribution in [0.1, 0.15) is 26.2 Å². The van der Waals surface area contributed by atoms with Crippen molar-refractivity contribution in [2.75, 3.05) is 6.54 Å². The molecule has 0 aliphatic heterocycles. The number of rotatable bonds is 5. The Labute approximate surface area is 102 Å². The first-order valence-corrected chi connectivity index (χ1v) is 5.57. The maximum Gasteiger partial charge on any atom is 0.411 e. The lowest BCUT2D eigenvalue weighted by Gasteiger charge is -2.21. The van der Waals surface area contributed by atoms with Crippen LogP contribution in [0.3, 0.4) is 0 Å². The third kappa shape index (κ3) is 3.27. The molecular formula is C10H15F3N2O3. The van der Waals surface area contributed by atoms with Gasteiger partial charge in [0.2, 0.25) is 0 Å². The molecule has 8 heteroatoms. The zero-order chi connectivity index (χ0) is 14.0. The van der Waals surface area contributed by atoms with Crippen LogP contribution in [0.4, 0.5) is 18.0 Å². The number of urea groups is 1. The molecule has 0 aromatic heterocycles. The van der Waals surface area contributed by atoms with Gasteiger partial charge >= 0.3 is 18.2 Å². The number of alkyl halides is 3. The number of hydrogen-bond acceptors (Lipinski definition) is 2. The van der Waals surface area contributed by atoms with Gasteiger partial charge in [-0.3, -0.25) is 4.79 Å². The lowest BCUT2D eigenvalue weighted by molar-refractivity contribution is -0.162. The maximum atomic E-state index is 12.5. The highest BCUT2D eigenvalue weighted by molar-refractivity contribution is 5.77. The van der Waals surface area contributed by atoms with Crippen molar-refractivity contribution in [1.82, 2.24) is 10.6 Å². The van der Waals surface area contributed by atoms with Gasteiger partial charge in [0, 0.05) is 6.54 Å². The van der Waals surface area contributed by atoms with Gasteiger partial charge in [-0.25, -0.2) is 4.79 Å². The fourth-order valence-corrected chi connectivity index (χ4v) is 1.49. The third-order valence-corrected chi connectivity index (χ3v) is 3.00. The van der Waals surface area contributed by atoms with Crippen LogP contribution in [0.25, 0.3) is 0 Å². The van der Waals surface area contributed by atoms with Gasteiger partial charge < -0.3 is 15.7 Å². The molecule has 0 saturated heterocycles. The molecule has 0 aromatic carbocycles. The number of amides is 2. The van der Waals surface area contributed by atoms with E-state index in [0.29, 0.717) is 6.42 Å². The van der Waals surface area contributed by atoms with E-state index < -0.39 is 29.6 Å². The largest absolute Gasteiger partial charge is 0.481 e. The Morgan fingerprint density at radius 3 is 2.28 bits per heavy atom. The van der Waals surface area contributed by atoms with Crippen molar-refractivity contribution >= 4 is 12.0 Å². The van der Waals surface area contributed by atoms with E-state index in [4.69, 9.17) is 5.11 Å². The van der Waals surface area contributed by atoms with Crippen molar-refractivity contribution in [1.29, 1.82) is 0 Å². The fourth-order valence-electron chi connectivity index (χ4n) is 1.49. The van der Waals surface area contributed by atoms with E-state index in [9.17, 15) is 22.8 Å². The number of carboxylic acid groups (broad SMARTS) is 1. The van der Waals surface area contributed by atoms with Crippen LogP contribution in [-0.4, -0.2) is 35.4 Å². The Morgan fingerprint density at radius 1 is 1.39 bits per heavy atom. The number of nitrogens with one attached hydrogen (secondary N) is 2. The average Bonchev–Trinajstić information content (AvgIpc) is 2.98. The number of carbonyl (C=O) groups excluding carboxylic acids is 1. The SMILES string of the molecule is CCC(CNC(=O)NC1(C(F)(F)F)CC1)C(=O)O. The molecule has 1 unspecified atom stereocenters. The molecule has 5 nitrogen and oxygen atoms in total. The topological polar surface area (TPSA) is 78.4 Å². The highest BCUT2D eigenvalue weighted by Crippen LogP contribution is 2.48. The molecule has 2 amide bonds. The van der Waals surface area contributed by atoms with Gasteiger partial charge in [-0.1, -0.05) is 6.92 Å². The summed E-state index contributed by atoms with van der Waals surface area (Å²) in [5, 5.41) is 12.7. The van der Waals surface area contributed by atoms with Gasteiger partial charge in [-0.05, 0) is 19.3 Å². The minimum Gasteiger partial charge on any atom is -0.481 e. The van der Waals surface area contributed by atoms with E-state index in [1.165, 1.54) is 0 Å². The summed E-state index contributed by atoms with van der Waals surface area (Å²) in [7, 11) is 0. The summed E-state index contributed by atoms with van der Waals surface area (Å²) in [4.78, 5) is 21.9. The summed E-state index contributed by atoms with van der Waals surface area (Å²) in [6.45, 7) is 1.43. The molecule has 0 aromatic rings. The van der Waals surface area contributed by atoms with Crippen molar-refractivity contribution in [2.45, 2.75) is 37.9 Å². The summed E-state index contributed by atoms with van der Waals surface area (Å²) in [5.74, 6) is -1.88. The minimum absolute atomic E-state index is 0.139. The first-order chi connectivity index (χ1) is 8.22. The van der Waals surface area contributed by atoms with E-state index in [1.54, 1.807) is 6.92 Å². The standard InChI is InChI=1S/C10H15F3N2O3/c1-2-6(7(16)17)5-14-8(18)15-9(3-4-9)10(11,12)13/h6H,2-5H2,1H3,(H,16,17)(H2,14,15,18). The predicted molar refractivity (Wildman–Crippen MR) is 56.0 cm³/mol. The highest BCUT2D eigenvalue weighted by atomic mass is 19.4. The molecule has 1 fully saturated rings. The third-order valence-electron chi connectivity index (χ3n) is 3.00. The van der Waals surface area contributed by atoms with E-state index in [2.05, 4.69) is 5.32 Å². The number of hydrogen-bond donors (Lipinski definition) is 3. The van der Waals surface area contributed by atoms with Crippen LogP contribution < -0.4 is 10.6 Å². The molecule has 1 saturated carbocycles. The molecule has 18 heavy (non-hydrogen) atoms. The molecule has 104 valence electrons. The first kappa shape index (κ1) is 14.6. The zero-order valence-electron chi connectivity index (χ0n) is 9.80. The second-order valence-corrected chi connectivity index (χ2v) is 4.36. The molecule has 3 N–H and O–H groups in total. The van der Waals surface area contributed by atoms with E-state index in [-0.39, 0.29) is 19.4 Å². The fraction of sp³-hybridized carbons (Fsp3) is 0.800. The molecule has 1 rings (SSSR count). The summed E-state index contributed by atoms with van der Waals surface area (Å²) in [6, 6.07) is -0.982. The van der Waals surface area contributed by atoms with Crippen molar-refractivity contribution in [3.8, 4) is 0 Å². The molecule has 0 radical (unpaired) electrons. The van der Waals surface area contributed by atoms with Crippen molar-refractivity contribution < 1.29 is 27.9 Å². The van der Waals surface area contributed by atoms with Gasteiger partial charge in [-0.2, -0.15) is 13.2 Å². The smallest absolute Gasteiger partial charge is 0.411 e. The van der Waals surface area contributed by atoms with Crippen LogP contribution in [0, 0.1) is 5.92 Å². The monoisotopic (exact) mass is 268 g/mol. The minimum atomic E-state index is -4.47. The van der Waals surface area contributed by atoms with Crippen LogP contribution in [0.5, 0.6) is 0 Å². The molecule has 1 aliphatic rings. The van der Waals surface area contributed by atoms with Crippen molar-refractivity contribution in [3.05, 3.63) is 0 Å². The van der Waals surface area contributed by atoms with E-state index in [0.717, 1.165) is 0 Å². The molecule has 1 atom stereocenters. The molecular weight excluding hydrogens is 253 g/mol. The number of carbonyl (C=O) groups is 2. The summed E-state index contributed by atoms with van der Waals surface area (Å²) in [5.41, 5.74) is -2.12. The molecule has 0 spiro atoms. The summed E-state index contributed by atoms with van der Waals surface area (Å²) in [6.07, 6.45) is -4.46. The number of aliphatic carboxylic acids is 1. The van der Waals surface area contributed by atoms with Crippen LogP contribution in [0.15, 0.2) is 0 Å². The summed E-state index contributed by atoms with van der Waals surface area (Å²) < 4.78 is 37.5. The molecule has 0 bridgehead atoms. The Bertz CT molecular complexity index is 340. The van der Waals surface area contributed by atoms with E-state index >= 15 is 0 Å². The maximum absolute atomic E-state index is 12.5. The summed E-state index contributed by atoms with van der Waals surface area (Å²) >= 11 is 0. The van der Waals surface area contributed by atoms with E-state index in [1.807, 2.05) is 5.32 Å². The second kappa shape index (κ2) is 5.03. The van der Waals surface area contributed by atoms with Crippen LogP contribution >= 0.6 is 0 Å². The lowest BCUT2D eigenvalue weighted by atomic mass is 10.1. The van der Waals surface area contributed by atoms with Gasteiger partial charge in [0.1, 0.15) is 5.54 Å². The predicted octanol–water partition coefficient (Wildman–Crippen LogP) is 1.49. The van der Waals surface area contributed by atoms with Gasteiger partial charge in [0.25, 0.3) is 0 Å². The van der Waals surface area contributed by atoms with Gasteiger partial charge in [0.15, 0.2) is 0 Å². The Morgan fingerprint density at radius 2 is 1.94 bits per heavy atom. The number of halogens is 3. The highest BCUT2D eigenvalue weighted by Gasteiger charge is 2.64. The first-order valence-electron chi connectivity index (χ1n) is 5.57. The Hall–Kier alpha value is -1.47. The zero-order valence-corrected chi connectivity index (χ0v) is 9.80. The van der Waals surface area contributed by atoms with Gasteiger partial charge in [0.05, 0.1) is 5.92 Å². The van der Waals surface area contributed by atoms with Gasteiger partial charge in [-0.15, -0.1) is 0 Å². The average molecular weight is 268 g/mol. The Kier molecular flexibility index (Phi) is 4.08. The lowest BCUT2D eigenvalue weighted by Crippen LogP contribution is -2.52. The van der Waals surface area contributed by atoms with Crippen molar-refractivity contribution in [2.24, 2.45) is 5.92 Å². The molecule has 1 aliphatic carbocycles.